The van der Waals surface area contributed by atoms with Crippen LogP contribution in [0.1, 0.15) is 6.42 Å². The molecule has 1 aliphatic rings. The van der Waals surface area contributed by atoms with Crippen molar-refractivity contribution in [1.29, 1.82) is 0 Å². The number of hydrogen-bond acceptors (Lipinski definition) is 5. The molecule has 0 unspecified atom stereocenters. The third-order valence-electron chi connectivity index (χ3n) is 4.47. The number of anilines is 1. The molecule has 0 aliphatic carbocycles. The number of amides is 1. The normalized spacial score (nSPS) is 14.1. The van der Waals surface area contributed by atoms with Gasteiger partial charge in [-0.15, -0.1) is 0 Å². The summed E-state index contributed by atoms with van der Waals surface area (Å²) in [4.78, 5) is 26.4. The Kier molecular flexibility index (Phi) is 5.85. The van der Waals surface area contributed by atoms with Crippen LogP contribution in [-0.4, -0.2) is 48.5 Å². The molecule has 0 N–H and O–H groups in total. The number of carbonyl (C=O) groups is 1. The quantitative estimate of drug-likeness (QED) is 0.575. The van der Waals surface area contributed by atoms with Crippen molar-refractivity contribution < 1.29 is 18.8 Å². The number of rotatable bonds is 6. The molecule has 7 nitrogen and oxygen atoms in total. The highest BCUT2D eigenvalue weighted by atomic mass is 19.1. The summed E-state index contributed by atoms with van der Waals surface area (Å²) in [6.07, 6.45) is 0.186. The Labute approximate surface area is 156 Å². The molecule has 0 saturated carbocycles. The first kappa shape index (κ1) is 18.6. The van der Waals surface area contributed by atoms with Gasteiger partial charge in [-0.25, -0.2) is 4.39 Å². The number of halogens is 1. The summed E-state index contributed by atoms with van der Waals surface area (Å²) < 4.78 is 18.8. The SMILES string of the molecule is O=C(CCOc1ccccc1F)N1CCN(c2ccc([N+](=O)[O-])cc2)CC1. The molecule has 0 aromatic heterocycles. The number of nitro groups is 1. The summed E-state index contributed by atoms with van der Waals surface area (Å²) in [5, 5.41) is 10.7. The van der Waals surface area contributed by atoms with Crippen LogP contribution in [0.15, 0.2) is 48.5 Å². The summed E-state index contributed by atoms with van der Waals surface area (Å²) in [6, 6.07) is 12.5. The van der Waals surface area contributed by atoms with Gasteiger partial charge in [0, 0.05) is 44.0 Å². The van der Waals surface area contributed by atoms with Crippen LogP contribution in [-0.2, 0) is 4.79 Å². The van der Waals surface area contributed by atoms with Gasteiger partial charge in [-0.3, -0.25) is 14.9 Å². The van der Waals surface area contributed by atoms with Gasteiger partial charge in [0.2, 0.25) is 5.91 Å². The molecule has 0 radical (unpaired) electrons. The van der Waals surface area contributed by atoms with Crippen LogP contribution >= 0.6 is 0 Å². The Morgan fingerprint density at radius 3 is 2.37 bits per heavy atom. The fourth-order valence-corrected chi connectivity index (χ4v) is 2.97. The smallest absolute Gasteiger partial charge is 0.269 e. The van der Waals surface area contributed by atoms with Gasteiger partial charge in [0.15, 0.2) is 11.6 Å². The lowest BCUT2D eigenvalue weighted by molar-refractivity contribution is -0.384. The molecule has 1 heterocycles. The summed E-state index contributed by atoms with van der Waals surface area (Å²) in [5.41, 5.74) is 0.956. The van der Waals surface area contributed by atoms with Crippen LogP contribution in [0, 0.1) is 15.9 Å². The Balaban J connectivity index is 1.45. The monoisotopic (exact) mass is 373 g/mol. The highest BCUT2D eigenvalue weighted by Crippen LogP contribution is 2.21. The minimum Gasteiger partial charge on any atom is -0.490 e. The highest BCUT2D eigenvalue weighted by molar-refractivity contribution is 5.76. The van der Waals surface area contributed by atoms with Crippen molar-refractivity contribution in [3.63, 3.8) is 0 Å². The maximum Gasteiger partial charge on any atom is 0.269 e. The van der Waals surface area contributed by atoms with Crippen LogP contribution in [0.2, 0.25) is 0 Å². The van der Waals surface area contributed by atoms with Gasteiger partial charge in [-0.1, -0.05) is 12.1 Å². The van der Waals surface area contributed by atoms with Crippen LogP contribution in [0.5, 0.6) is 5.75 Å². The highest BCUT2D eigenvalue weighted by Gasteiger charge is 2.21. The molecule has 3 rings (SSSR count). The maximum absolute atomic E-state index is 13.5. The van der Waals surface area contributed by atoms with Crippen molar-refractivity contribution in [2.75, 3.05) is 37.7 Å². The summed E-state index contributed by atoms with van der Waals surface area (Å²) in [5.74, 6) is -0.329. The first-order valence-corrected chi connectivity index (χ1v) is 8.69. The predicted molar refractivity (Wildman–Crippen MR) is 98.4 cm³/mol. The van der Waals surface area contributed by atoms with Gasteiger partial charge in [0.1, 0.15) is 0 Å². The summed E-state index contributed by atoms with van der Waals surface area (Å²) >= 11 is 0. The Hall–Kier alpha value is -3.16. The minimum atomic E-state index is -0.443. The van der Waals surface area contributed by atoms with E-state index in [9.17, 15) is 19.3 Å². The van der Waals surface area contributed by atoms with E-state index in [0.717, 1.165) is 5.69 Å². The zero-order valence-electron chi connectivity index (χ0n) is 14.7. The van der Waals surface area contributed by atoms with E-state index in [1.54, 1.807) is 29.2 Å². The maximum atomic E-state index is 13.5. The number of piperazine rings is 1. The molecule has 0 spiro atoms. The molecule has 2 aromatic rings. The molecule has 0 atom stereocenters. The molecule has 2 aromatic carbocycles. The Bertz CT molecular complexity index is 805. The van der Waals surface area contributed by atoms with Crippen LogP contribution < -0.4 is 9.64 Å². The van der Waals surface area contributed by atoms with Crippen LogP contribution in [0.25, 0.3) is 0 Å². The standard InChI is InChI=1S/C19H20FN3O4/c20-17-3-1-2-4-18(17)27-14-9-19(24)22-12-10-21(11-13-22)15-5-7-16(8-6-15)23(25)26/h1-8H,9-14H2. The number of para-hydroxylation sites is 1. The van der Waals surface area contributed by atoms with Gasteiger partial charge >= 0.3 is 0 Å². The molecule has 1 aliphatic heterocycles. The van der Waals surface area contributed by atoms with Gasteiger partial charge in [-0.2, -0.15) is 0 Å². The molecule has 142 valence electrons. The van der Waals surface area contributed by atoms with E-state index in [1.165, 1.54) is 24.3 Å². The minimum absolute atomic E-state index is 0.0327. The zero-order valence-corrected chi connectivity index (χ0v) is 14.7. The van der Waals surface area contributed by atoms with Crippen LogP contribution in [0.3, 0.4) is 0 Å². The molecule has 1 amide bonds. The van der Waals surface area contributed by atoms with Crippen molar-refractivity contribution in [2.24, 2.45) is 0 Å². The summed E-state index contributed by atoms with van der Waals surface area (Å²) in [6.45, 7) is 2.56. The molecular formula is C19H20FN3O4. The number of non-ortho nitro benzene ring substituents is 1. The van der Waals surface area contributed by atoms with Crippen molar-refractivity contribution in [2.45, 2.75) is 6.42 Å². The number of ether oxygens (including phenoxy) is 1. The average Bonchev–Trinajstić information content (AvgIpc) is 2.69. The molecule has 8 heteroatoms. The van der Waals surface area contributed by atoms with E-state index in [1.807, 2.05) is 0 Å². The number of nitro benzene ring substituents is 1. The molecular weight excluding hydrogens is 353 g/mol. The Morgan fingerprint density at radius 2 is 1.74 bits per heavy atom. The summed E-state index contributed by atoms with van der Waals surface area (Å²) in [7, 11) is 0. The third kappa shape index (κ3) is 4.72. The van der Waals surface area contributed by atoms with Crippen LogP contribution in [0.4, 0.5) is 15.8 Å². The number of hydrogen-bond donors (Lipinski definition) is 0. The average molecular weight is 373 g/mol. The predicted octanol–water partition coefficient (Wildman–Crippen LogP) is 2.85. The lowest BCUT2D eigenvalue weighted by atomic mass is 10.2. The van der Waals surface area contributed by atoms with E-state index in [0.29, 0.717) is 26.2 Å². The largest absolute Gasteiger partial charge is 0.490 e. The second-order valence-corrected chi connectivity index (χ2v) is 6.17. The number of carbonyl (C=O) groups excluding carboxylic acids is 1. The van der Waals surface area contributed by atoms with Crippen molar-refractivity contribution in [3.8, 4) is 5.75 Å². The van der Waals surface area contributed by atoms with E-state index in [4.69, 9.17) is 4.74 Å². The van der Waals surface area contributed by atoms with Crippen molar-refractivity contribution in [3.05, 3.63) is 64.5 Å². The number of nitrogens with zero attached hydrogens (tertiary/aromatic N) is 3. The molecule has 0 bridgehead atoms. The number of benzene rings is 2. The van der Waals surface area contributed by atoms with Gasteiger partial charge in [0.25, 0.3) is 5.69 Å². The van der Waals surface area contributed by atoms with E-state index in [2.05, 4.69) is 4.90 Å². The van der Waals surface area contributed by atoms with Gasteiger partial charge in [0.05, 0.1) is 18.0 Å². The van der Waals surface area contributed by atoms with Crippen molar-refractivity contribution >= 4 is 17.3 Å². The first-order chi connectivity index (χ1) is 13.0. The van der Waals surface area contributed by atoms with Gasteiger partial charge in [-0.05, 0) is 24.3 Å². The van der Waals surface area contributed by atoms with E-state index >= 15 is 0 Å². The fourth-order valence-electron chi connectivity index (χ4n) is 2.97. The lowest BCUT2D eigenvalue weighted by Crippen LogP contribution is -2.49. The third-order valence-corrected chi connectivity index (χ3v) is 4.47. The second kappa shape index (κ2) is 8.48. The zero-order chi connectivity index (χ0) is 19.2. The lowest BCUT2D eigenvalue weighted by Gasteiger charge is -2.36. The first-order valence-electron chi connectivity index (χ1n) is 8.69. The second-order valence-electron chi connectivity index (χ2n) is 6.17. The Morgan fingerprint density at radius 1 is 1.07 bits per heavy atom. The van der Waals surface area contributed by atoms with E-state index < -0.39 is 10.7 Å². The van der Waals surface area contributed by atoms with E-state index in [-0.39, 0.29) is 30.4 Å². The molecule has 27 heavy (non-hydrogen) atoms. The molecule has 1 fully saturated rings. The van der Waals surface area contributed by atoms with Crippen molar-refractivity contribution in [1.82, 2.24) is 4.90 Å². The topological polar surface area (TPSA) is 75.9 Å². The fraction of sp³-hybridized carbons (Fsp3) is 0.316. The molecule has 1 saturated heterocycles. The van der Waals surface area contributed by atoms with Gasteiger partial charge < -0.3 is 14.5 Å².